The number of nitrogens with one attached hydrogen (secondary N) is 1. The zero-order valence-electron chi connectivity index (χ0n) is 12.0. The van der Waals surface area contributed by atoms with Gasteiger partial charge in [-0.05, 0) is 31.0 Å². The van der Waals surface area contributed by atoms with Crippen molar-refractivity contribution in [3.63, 3.8) is 0 Å². The summed E-state index contributed by atoms with van der Waals surface area (Å²) < 4.78 is 26.8. The Morgan fingerprint density at radius 2 is 2.14 bits per heavy atom. The Hall–Kier alpha value is -1.91. The van der Waals surface area contributed by atoms with Gasteiger partial charge in [-0.3, -0.25) is 4.79 Å². The Morgan fingerprint density at radius 3 is 2.67 bits per heavy atom. The summed E-state index contributed by atoms with van der Waals surface area (Å²) in [6, 6.07) is 4.99. The van der Waals surface area contributed by atoms with Gasteiger partial charge >= 0.3 is 5.97 Å². The average molecular weight is 310 g/mol. The minimum Gasteiger partial charge on any atom is -0.480 e. The molecule has 0 amide bonds. The zero-order valence-corrected chi connectivity index (χ0v) is 12.8. The molecule has 114 valence electrons. The van der Waals surface area contributed by atoms with Crippen LogP contribution in [0.1, 0.15) is 37.3 Å². The summed E-state index contributed by atoms with van der Waals surface area (Å²) in [6.07, 6.45) is 1.60. The number of hydrogen-bond donors (Lipinski definition) is 2. The molecule has 6 nitrogen and oxygen atoms in total. The van der Waals surface area contributed by atoms with Crippen molar-refractivity contribution >= 4 is 16.0 Å². The highest BCUT2D eigenvalue weighted by atomic mass is 32.2. The van der Waals surface area contributed by atoms with Gasteiger partial charge in [0.05, 0.1) is 16.5 Å². The van der Waals surface area contributed by atoms with Gasteiger partial charge in [0.15, 0.2) is 0 Å². The normalized spacial score (nSPS) is 12.6. The molecule has 0 aliphatic heterocycles. The van der Waals surface area contributed by atoms with Crippen LogP contribution in [0, 0.1) is 18.3 Å². The van der Waals surface area contributed by atoms with Gasteiger partial charge in [-0.1, -0.05) is 25.8 Å². The lowest BCUT2D eigenvalue weighted by molar-refractivity contribution is -0.139. The number of carboxylic acids is 1. The molecule has 1 aromatic carbocycles. The molecule has 0 unspecified atom stereocenters. The first-order chi connectivity index (χ1) is 9.81. The number of nitriles is 1. The molecule has 0 spiro atoms. The van der Waals surface area contributed by atoms with Gasteiger partial charge in [0.25, 0.3) is 0 Å². The topological polar surface area (TPSA) is 107 Å². The molecule has 0 bridgehead atoms. The number of nitrogens with zero attached hydrogens (tertiary/aromatic N) is 1. The number of carboxylic acid groups (broad SMARTS) is 1. The second-order valence-electron chi connectivity index (χ2n) is 4.75. The molecule has 0 fully saturated rings. The third kappa shape index (κ3) is 4.55. The maximum absolute atomic E-state index is 12.3. The number of hydrogen-bond acceptors (Lipinski definition) is 4. The van der Waals surface area contributed by atoms with Crippen LogP contribution in [-0.4, -0.2) is 25.5 Å². The SMILES string of the molecule is CCCC[C@H](NS(=O)(=O)c1cc(C#N)ccc1C)C(=O)O. The highest BCUT2D eigenvalue weighted by Gasteiger charge is 2.26. The Kier molecular flexibility index (Phi) is 5.88. The maximum Gasteiger partial charge on any atom is 0.321 e. The van der Waals surface area contributed by atoms with Gasteiger partial charge in [0.2, 0.25) is 10.0 Å². The van der Waals surface area contributed by atoms with Crippen LogP contribution < -0.4 is 4.72 Å². The molecular formula is C14H18N2O4S. The summed E-state index contributed by atoms with van der Waals surface area (Å²) in [7, 11) is -3.98. The van der Waals surface area contributed by atoms with Crippen LogP contribution in [-0.2, 0) is 14.8 Å². The molecule has 1 atom stereocenters. The second-order valence-corrected chi connectivity index (χ2v) is 6.43. The van der Waals surface area contributed by atoms with E-state index in [-0.39, 0.29) is 16.9 Å². The zero-order chi connectivity index (χ0) is 16.0. The molecule has 0 aliphatic rings. The first kappa shape index (κ1) is 17.1. The fourth-order valence-electron chi connectivity index (χ4n) is 1.85. The van der Waals surface area contributed by atoms with Crippen LogP contribution >= 0.6 is 0 Å². The van der Waals surface area contributed by atoms with E-state index < -0.39 is 22.0 Å². The Balaban J connectivity index is 3.10. The third-order valence-electron chi connectivity index (χ3n) is 3.05. The summed E-state index contributed by atoms with van der Waals surface area (Å²) in [6.45, 7) is 3.49. The molecule has 0 radical (unpaired) electrons. The molecule has 7 heteroatoms. The predicted molar refractivity (Wildman–Crippen MR) is 77.2 cm³/mol. The largest absolute Gasteiger partial charge is 0.480 e. The lowest BCUT2D eigenvalue weighted by Gasteiger charge is -2.15. The molecule has 1 aromatic rings. The van der Waals surface area contributed by atoms with Gasteiger partial charge in [0, 0.05) is 0 Å². The number of aryl methyl sites for hydroxylation is 1. The van der Waals surface area contributed by atoms with Crippen molar-refractivity contribution in [2.75, 3.05) is 0 Å². The number of rotatable bonds is 7. The van der Waals surface area contributed by atoms with E-state index in [0.29, 0.717) is 12.0 Å². The summed E-state index contributed by atoms with van der Waals surface area (Å²) in [5, 5.41) is 17.9. The number of benzene rings is 1. The van der Waals surface area contributed by atoms with E-state index in [1.54, 1.807) is 6.92 Å². The van der Waals surface area contributed by atoms with Gasteiger partial charge < -0.3 is 5.11 Å². The fraction of sp³-hybridized carbons (Fsp3) is 0.429. The second kappa shape index (κ2) is 7.20. The van der Waals surface area contributed by atoms with Crippen LogP contribution in [0.2, 0.25) is 0 Å². The number of aliphatic carboxylic acids is 1. The van der Waals surface area contributed by atoms with Crippen molar-refractivity contribution in [2.45, 2.75) is 44.0 Å². The van der Waals surface area contributed by atoms with Crippen LogP contribution in [0.25, 0.3) is 0 Å². The van der Waals surface area contributed by atoms with E-state index in [1.807, 2.05) is 13.0 Å². The molecule has 0 aliphatic carbocycles. The summed E-state index contributed by atoms with van der Waals surface area (Å²) >= 11 is 0. The highest BCUT2D eigenvalue weighted by molar-refractivity contribution is 7.89. The van der Waals surface area contributed by atoms with Crippen molar-refractivity contribution < 1.29 is 18.3 Å². The maximum atomic E-state index is 12.3. The molecular weight excluding hydrogens is 292 g/mol. The van der Waals surface area contributed by atoms with Gasteiger partial charge in [-0.2, -0.15) is 9.98 Å². The molecule has 1 rings (SSSR count). The van der Waals surface area contributed by atoms with Crippen molar-refractivity contribution in [3.8, 4) is 6.07 Å². The van der Waals surface area contributed by atoms with Crippen LogP contribution in [0.15, 0.2) is 23.1 Å². The minimum absolute atomic E-state index is 0.0655. The number of sulfonamides is 1. The molecule has 0 heterocycles. The van der Waals surface area contributed by atoms with Crippen LogP contribution in [0.4, 0.5) is 0 Å². The van der Waals surface area contributed by atoms with Crippen molar-refractivity contribution in [1.82, 2.24) is 4.72 Å². The van der Waals surface area contributed by atoms with E-state index in [1.165, 1.54) is 18.2 Å². The summed E-state index contributed by atoms with van der Waals surface area (Å²) in [5.41, 5.74) is 0.669. The molecule has 0 saturated carbocycles. The minimum atomic E-state index is -3.98. The van der Waals surface area contributed by atoms with Gasteiger partial charge in [0.1, 0.15) is 6.04 Å². The first-order valence-electron chi connectivity index (χ1n) is 6.57. The van der Waals surface area contributed by atoms with Gasteiger partial charge in [-0.25, -0.2) is 8.42 Å². The number of carbonyl (C=O) groups is 1. The molecule has 2 N–H and O–H groups in total. The number of unbranched alkanes of at least 4 members (excludes halogenated alkanes) is 1. The molecule has 0 saturated heterocycles. The molecule has 0 aromatic heterocycles. The van der Waals surface area contributed by atoms with E-state index >= 15 is 0 Å². The monoisotopic (exact) mass is 310 g/mol. The third-order valence-corrected chi connectivity index (χ3v) is 4.66. The fourth-order valence-corrected chi connectivity index (χ4v) is 3.35. The highest BCUT2D eigenvalue weighted by Crippen LogP contribution is 2.18. The molecule has 21 heavy (non-hydrogen) atoms. The quantitative estimate of drug-likeness (QED) is 0.798. The van der Waals surface area contributed by atoms with E-state index in [9.17, 15) is 13.2 Å². The van der Waals surface area contributed by atoms with Crippen molar-refractivity contribution in [2.24, 2.45) is 0 Å². The van der Waals surface area contributed by atoms with Crippen molar-refractivity contribution in [3.05, 3.63) is 29.3 Å². The summed E-state index contributed by atoms with van der Waals surface area (Å²) in [5.74, 6) is -1.21. The van der Waals surface area contributed by atoms with Gasteiger partial charge in [-0.15, -0.1) is 0 Å². The van der Waals surface area contributed by atoms with Crippen LogP contribution in [0.3, 0.4) is 0 Å². The van der Waals surface area contributed by atoms with E-state index in [0.717, 1.165) is 6.42 Å². The lowest BCUT2D eigenvalue weighted by atomic mass is 10.1. The standard InChI is InChI=1S/C14H18N2O4S/c1-3-4-5-12(14(17)18)16-21(19,20)13-8-11(9-15)7-6-10(13)2/h6-8,12,16H,3-5H2,1-2H3,(H,17,18)/t12-/m0/s1. The Bertz CT molecular complexity index is 662. The lowest BCUT2D eigenvalue weighted by Crippen LogP contribution is -2.40. The smallest absolute Gasteiger partial charge is 0.321 e. The van der Waals surface area contributed by atoms with Crippen molar-refractivity contribution in [1.29, 1.82) is 5.26 Å². The van der Waals surface area contributed by atoms with E-state index in [4.69, 9.17) is 10.4 Å². The summed E-state index contributed by atoms with van der Waals surface area (Å²) in [4.78, 5) is 11.1. The predicted octanol–water partition coefficient (Wildman–Crippen LogP) is 1.79. The average Bonchev–Trinajstić information content (AvgIpc) is 2.43. The Labute approximate surface area is 124 Å². The van der Waals surface area contributed by atoms with Crippen LogP contribution in [0.5, 0.6) is 0 Å². The Morgan fingerprint density at radius 1 is 1.48 bits per heavy atom. The first-order valence-corrected chi connectivity index (χ1v) is 8.06. The van der Waals surface area contributed by atoms with E-state index in [2.05, 4.69) is 4.72 Å².